The SMILES string of the molecule is O=C(NCc1cccc2ccccc12)C(=Cc1ccc(SC(=S)N2CCOCC2)o1)NC(=O)c1ccccc1. The van der Waals surface area contributed by atoms with Gasteiger partial charge in [-0.05, 0) is 52.4 Å². The number of hydrogen-bond donors (Lipinski definition) is 2. The van der Waals surface area contributed by atoms with Crippen molar-refractivity contribution < 1.29 is 18.7 Å². The number of thioether (sulfide) groups is 1. The van der Waals surface area contributed by atoms with E-state index >= 15 is 0 Å². The molecule has 2 N–H and O–H groups in total. The third-order valence-electron chi connectivity index (χ3n) is 6.19. The summed E-state index contributed by atoms with van der Waals surface area (Å²) in [6.45, 7) is 3.07. The van der Waals surface area contributed by atoms with Crippen LogP contribution in [0.15, 0.2) is 100 Å². The molecule has 0 radical (unpaired) electrons. The molecule has 5 rings (SSSR count). The van der Waals surface area contributed by atoms with Crippen LogP contribution in [0.25, 0.3) is 16.8 Å². The Balaban J connectivity index is 1.33. The van der Waals surface area contributed by atoms with Crippen molar-refractivity contribution in [2.45, 2.75) is 11.6 Å². The highest BCUT2D eigenvalue weighted by atomic mass is 32.2. The Kier molecular flexibility index (Phi) is 8.72. The molecule has 2 heterocycles. The lowest BCUT2D eigenvalue weighted by Crippen LogP contribution is -2.38. The summed E-state index contributed by atoms with van der Waals surface area (Å²) in [6, 6.07) is 26.3. The topological polar surface area (TPSA) is 83.8 Å². The van der Waals surface area contributed by atoms with E-state index in [9.17, 15) is 9.59 Å². The van der Waals surface area contributed by atoms with Gasteiger partial charge in [0.2, 0.25) is 0 Å². The summed E-state index contributed by atoms with van der Waals surface area (Å²) in [4.78, 5) is 28.3. The van der Waals surface area contributed by atoms with Gasteiger partial charge in [-0.25, -0.2) is 0 Å². The number of furan rings is 1. The molecule has 1 aliphatic rings. The number of thiocarbonyl (C=S) groups is 1. The normalized spacial score (nSPS) is 13.7. The Hall–Kier alpha value is -3.92. The molecule has 1 saturated heterocycles. The van der Waals surface area contributed by atoms with Gasteiger partial charge >= 0.3 is 0 Å². The van der Waals surface area contributed by atoms with Crippen molar-refractivity contribution in [3.8, 4) is 0 Å². The van der Waals surface area contributed by atoms with Crippen LogP contribution < -0.4 is 10.6 Å². The minimum absolute atomic E-state index is 0.0748. The summed E-state index contributed by atoms with van der Waals surface area (Å²) >= 11 is 6.90. The molecule has 7 nitrogen and oxygen atoms in total. The highest BCUT2D eigenvalue weighted by Gasteiger charge is 2.18. The maximum atomic E-state index is 13.3. The van der Waals surface area contributed by atoms with Crippen molar-refractivity contribution >= 4 is 57.0 Å². The van der Waals surface area contributed by atoms with Gasteiger partial charge in [-0.1, -0.05) is 72.9 Å². The van der Waals surface area contributed by atoms with Gasteiger partial charge < -0.3 is 24.7 Å². The van der Waals surface area contributed by atoms with E-state index in [-0.39, 0.29) is 5.70 Å². The molecule has 1 aromatic heterocycles. The van der Waals surface area contributed by atoms with Crippen molar-refractivity contribution in [1.29, 1.82) is 0 Å². The third kappa shape index (κ3) is 6.94. The lowest BCUT2D eigenvalue weighted by Gasteiger charge is -2.28. The number of morpholine rings is 1. The molecule has 198 valence electrons. The molecule has 4 aromatic rings. The first-order chi connectivity index (χ1) is 19.1. The molecule has 1 aliphatic heterocycles. The van der Waals surface area contributed by atoms with Crippen molar-refractivity contribution in [2.24, 2.45) is 0 Å². The second kappa shape index (κ2) is 12.8. The highest BCUT2D eigenvalue weighted by Crippen LogP contribution is 2.26. The van der Waals surface area contributed by atoms with Gasteiger partial charge in [0, 0.05) is 31.3 Å². The molecular formula is C30H27N3O4S2. The Bertz CT molecular complexity index is 1510. The summed E-state index contributed by atoms with van der Waals surface area (Å²) < 4.78 is 12.0. The van der Waals surface area contributed by atoms with E-state index in [1.54, 1.807) is 36.4 Å². The number of hydrogen-bond acceptors (Lipinski definition) is 6. The number of ether oxygens (including phenoxy) is 1. The lowest BCUT2D eigenvalue weighted by molar-refractivity contribution is -0.117. The van der Waals surface area contributed by atoms with E-state index in [4.69, 9.17) is 21.4 Å². The van der Waals surface area contributed by atoms with E-state index in [1.807, 2.05) is 48.5 Å². The van der Waals surface area contributed by atoms with Crippen molar-refractivity contribution in [2.75, 3.05) is 26.3 Å². The van der Waals surface area contributed by atoms with Crippen LogP contribution in [-0.4, -0.2) is 47.3 Å². The van der Waals surface area contributed by atoms with Crippen LogP contribution in [0, 0.1) is 0 Å². The molecule has 2 amide bonds. The fraction of sp³-hybridized carbons (Fsp3) is 0.167. The summed E-state index contributed by atoms with van der Waals surface area (Å²) in [7, 11) is 0. The van der Waals surface area contributed by atoms with E-state index in [1.165, 1.54) is 17.8 Å². The Labute approximate surface area is 236 Å². The number of carbonyl (C=O) groups is 2. The number of carbonyl (C=O) groups excluding carboxylic acids is 2. The zero-order chi connectivity index (χ0) is 27.0. The Morgan fingerprint density at radius 3 is 2.49 bits per heavy atom. The molecule has 1 fully saturated rings. The second-order valence-corrected chi connectivity index (χ2v) is 10.5. The standard InChI is InChI=1S/C30H27N3O4S2/c34-28(22-8-2-1-3-9-22)32-26(29(35)31-20-23-11-6-10-21-7-4-5-12-25(21)23)19-24-13-14-27(37-24)39-30(38)33-15-17-36-18-16-33/h1-14,19H,15-18,20H2,(H,31,35)(H,32,34). The first-order valence-corrected chi connectivity index (χ1v) is 13.8. The van der Waals surface area contributed by atoms with E-state index in [0.717, 1.165) is 29.4 Å². The zero-order valence-electron chi connectivity index (χ0n) is 21.1. The van der Waals surface area contributed by atoms with Gasteiger partial charge in [-0.2, -0.15) is 0 Å². The molecule has 0 bridgehead atoms. The van der Waals surface area contributed by atoms with Gasteiger partial charge in [0.05, 0.1) is 13.2 Å². The van der Waals surface area contributed by atoms with Crippen LogP contribution in [0.5, 0.6) is 0 Å². The molecule has 0 aliphatic carbocycles. The van der Waals surface area contributed by atoms with Crippen LogP contribution >= 0.6 is 24.0 Å². The minimum atomic E-state index is -0.429. The fourth-order valence-electron chi connectivity index (χ4n) is 4.17. The summed E-state index contributed by atoms with van der Waals surface area (Å²) in [5.74, 6) is -0.399. The summed E-state index contributed by atoms with van der Waals surface area (Å²) in [5.41, 5.74) is 1.49. The largest absolute Gasteiger partial charge is 0.450 e. The monoisotopic (exact) mass is 557 g/mol. The van der Waals surface area contributed by atoms with Gasteiger partial charge in [0.25, 0.3) is 11.8 Å². The lowest BCUT2D eigenvalue weighted by atomic mass is 10.0. The molecule has 0 spiro atoms. The fourth-order valence-corrected chi connectivity index (χ4v) is 5.35. The quantitative estimate of drug-likeness (QED) is 0.183. The van der Waals surface area contributed by atoms with Gasteiger partial charge in [-0.3, -0.25) is 9.59 Å². The predicted octanol–water partition coefficient (Wildman–Crippen LogP) is 5.23. The first-order valence-electron chi connectivity index (χ1n) is 12.5. The molecule has 39 heavy (non-hydrogen) atoms. The number of nitrogens with one attached hydrogen (secondary N) is 2. The Morgan fingerprint density at radius 1 is 0.923 bits per heavy atom. The number of benzene rings is 3. The van der Waals surface area contributed by atoms with E-state index in [2.05, 4.69) is 15.5 Å². The first kappa shape index (κ1) is 26.7. The van der Waals surface area contributed by atoms with E-state index < -0.39 is 11.8 Å². The number of nitrogens with zero attached hydrogens (tertiary/aromatic N) is 1. The number of rotatable bonds is 7. The van der Waals surface area contributed by atoms with E-state index in [0.29, 0.717) is 40.5 Å². The third-order valence-corrected chi connectivity index (χ3v) is 7.56. The van der Waals surface area contributed by atoms with Gasteiger partial charge in [-0.15, -0.1) is 0 Å². The van der Waals surface area contributed by atoms with Crippen molar-refractivity contribution in [1.82, 2.24) is 15.5 Å². The maximum Gasteiger partial charge on any atom is 0.268 e. The molecule has 9 heteroatoms. The van der Waals surface area contributed by atoms with Crippen molar-refractivity contribution in [3.05, 3.63) is 108 Å². The average Bonchev–Trinajstić information content (AvgIpc) is 3.42. The van der Waals surface area contributed by atoms with Crippen LogP contribution in [0.2, 0.25) is 0 Å². The predicted molar refractivity (Wildman–Crippen MR) is 157 cm³/mol. The molecule has 0 unspecified atom stereocenters. The summed E-state index contributed by atoms with van der Waals surface area (Å²) in [6.07, 6.45) is 1.53. The zero-order valence-corrected chi connectivity index (χ0v) is 22.7. The second-order valence-electron chi connectivity index (χ2n) is 8.82. The average molecular weight is 558 g/mol. The molecule has 3 aromatic carbocycles. The maximum absolute atomic E-state index is 13.3. The van der Waals surface area contributed by atoms with Crippen LogP contribution in [0.1, 0.15) is 21.7 Å². The number of amides is 2. The minimum Gasteiger partial charge on any atom is -0.450 e. The summed E-state index contributed by atoms with van der Waals surface area (Å²) in [5, 5.41) is 8.44. The van der Waals surface area contributed by atoms with Gasteiger partial charge in [0.15, 0.2) is 5.09 Å². The van der Waals surface area contributed by atoms with Crippen molar-refractivity contribution in [3.63, 3.8) is 0 Å². The van der Waals surface area contributed by atoms with Crippen LogP contribution in [0.4, 0.5) is 0 Å². The van der Waals surface area contributed by atoms with Crippen LogP contribution in [-0.2, 0) is 16.1 Å². The van der Waals surface area contributed by atoms with Gasteiger partial charge in [0.1, 0.15) is 15.8 Å². The molecule has 0 atom stereocenters. The Morgan fingerprint density at radius 2 is 1.67 bits per heavy atom. The molecular weight excluding hydrogens is 530 g/mol. The highest BCUT2D eigenvalue weighted by molar-refractivity contribution is 8.22. The smallest absolute Gasteiger partial charge is 0.268 e. The molecule has 0 saturated carbocycles. The van der Waals surface area contributed by atoms with Crippen LogP contribution in [0.3, 0.4) is 0 Å². The number of fused-ring (bicyclic) bond motifs is 1.